The highest BCUT2D eigenvalue weighted by Crippen LogP contribution is 2.35. The number of benzene rings is 1. The number of carbonyl (C=O) groups excluding carboxylic acids is 1. The summed E-state index contributed by atoms with van der Waals surface area (Å²) in [4.78, 5) is 33.6. The van der Waals surface area contributed by atoms with Crippen LogP contribution in [-0.4, -0.2) is 41.0 Å². The predicted octanol–water partition coefficient (Wildman–Crippen LogP) is 6.28. The van der Waals surface area contributed by atoms with Crippen molar-refractivity contribution < 1.29 is 9.18 Å². The zero-order valence-corrected chi connectivity index (χ0v) is 21.5. The third-order valence-corrected chi connectivity index (χ3v) is 7.55. The summed E-state index contributed by atoms with van der Waals surface area (Å²) in [6.45, 7) is 0. The van der Waals surface area contributed by atoms with Crippen LogP contribution in [0.1, 0.15) is 32.1 Å². The first-order chi connectivity index (χ1) is 19.7. The van der Waals surface area contributed by atoms with Crippen molar-refractivity contribution in [2.75, 3.05) is 5.32 Å². The summed E-state index contributed by atoms with van der Waals surface area (Å²) >= 11 is 0. The highest BCUT2D eigenvalue weighted by Gasteiger charge is 2.23. The van der Waals surface area contributed by atoms with Gasteiger partial charge in [0.2, 0.25) is 5.91 Å². The number of aromatic nitrogens is 7. The van der Waals surface area contributed by atoms with Crippen LogP contribution in [0.15, 0.2) is 67.4 Å². The molecular formula is C30H25FN8O. The van der Waals surface area contributed by atoms with Crippen LogP contribution in [0, 0.1) is 11.7 Å². The number of anilines is 1. The quantitative estimate of drug-likeness (QED) is 0.240. The number of nitrogens with one attached hydrogen (secondary N) is 3. The molecule has 0 spiro atoms. The van der Waals surface area contributed by atoms with Crippen molar-refractivity contribution in [1.82, 2.24) is 35.1 Å². The minimum Gasteiger partial charge on any atom is -0.335 e. The molecule has 5 heterocycles. The van der Waals surface area contributed by atoms with Crippen molar-refractivity contribution in [3.63, 3.8) is 0 Å². The number of H-pyrrole nitrogens is 2. The molecule has 10 heteroatoms. The van der Waals surface area contributed by atoms with Crippen LogP contribution in [0.4, 0.5) is 10.1 Å². The lowest BCUT2D eigenvalue weighted by Gasteiger charge is -2.20. The number of rotatable bonds is 5. The minimum atomic E-state index is -0.459. The molecule has 1 saturated carbocycles. The monoisotopic (exact) mass is 532 g/mol. The molecule has 5 aromatic heterocycles. The summed E-state index contributed by atoms with van der Waals surface area (Å²) in [5.74, 6) is -0.0562. The van der Waals surface area contributed by atoms with E-state index < -0.39 is 5.82 Å². The van der Waals surface area contributed by atoms with Gasteiger partial charge < -0.3 is 10.3 Å². The molecule has 0 bridgehead atoms. The van der Waals surface area contributed by atoms with E-state index in [1.807, 2.05) is 18.2 Å². The third-order valence-electron chi connectivity index (χ3n) is 7.55. The molecule has 1 aliphatic rings. The van der Waals surface area contributed by atoms with Gasteiger partial charge in [0.25, 0.3) is 0 Å². The number of hydrogen-bond acceptors (Lipinski definition) is 6. The molecule has 198 valence electrons. The SMILES string of the molecule is O=C(Nc1cncc(-c2ccc3[nH]nc(-c4nc5nccc(-c6cccnc6)c5[nH]4)c3c2F)c1)C1CCCCC1. The van der Waals surface area contributed by atoms with Crippen LogP contribution >= 0.6 is 0 Å². The molecular weight excluding hydrogens is 507 g/mol. The standard InChI is InChI=1S/C30H25FN8O/c31-25-21(19-13-20(16-33-15-19)35-30(40)17-5-2-1-3-6-17)8-9-23-24(25)27(39-38-23)29-36-26-22(10-12-34-28(26)37-29)18-7-4-11-32-14-18/h4,7-17H,1-3,5-6H2,(H,35,40)(H,38,39)(H,34,36,37). The van der Waals surface area contributed by atoms with Crippen LogP contribution in [0.3, 0.4) is 0 Å². The molecule has 1 aromatic carbocycles. The number of fused-ring (bicyclic) bond motifs is 2. The van der Waals surface area contributed by atoms with Gasteiger partial charge in [-0.1, -0.05) is 25.3 Å². The van der Waals surface area contributed by atoms with Gasteiger partial charge in [-0.2, -0.15) is 5.10 Å². The molecule has 7 rings (SSSR count). The molecule has 0 unspecified atom stereocenters. The second kappa shape index (κ2) is 9.96. The van der Waals surface area contributed by atoms with E-state index in [1.54, 1.807) is 49.2 Å². The van der Waals surface area contributed by atoms with Crippen molar-refractivity contribution in [2.45, 2.75) is 32.1 Å². The molecule has 6 aromatic rings. The Morgan fingerprint density at radius 3 is 2.67 bits per heavy atom. The largest absolute Gasteiger partial charge is 0.335 e. The van der Waals surface area contributed by atoms with E-state index in [1.165, 1.54) is 6.42 Å². The van der Waals surface area contributed by atoms with Gasteiger partial charge in [-0.05, 0) is 43.2 Å². The second-order valence-electron chi connectivity index (χ2n) is 10.1. The highest BCUT2D eigenvalue weighted by molar-refractivity contribution is 5.98. The van der Waals surface area contributed by atoms with E-state index in [0.717, 1.165) is 36.8 Å². The van der Waals surface area contributed by atoms with Crippen molar-refractivity contribution >= 4 is 33.7 Å². The van der Waals surface area contributed by atoms with Crippen LogP contribution < -0.4 is 5.32 Å². The summed E-state index contributed by atoms with van der Waals surface area (Å²) in [6, 6.07) is 10.9. The van der Waals surface area contributed by atoms with Gasteiger partial charge in [-0.3, -0.25) is 19.9 Å². The fraction of sp³-hybridized carbons (Fsp3) is 0.200. The first-order valence-corrected chi connectivity index (χ1v) is 13.3. The second-order valence-corrected chi connectivity index (χ2v) is 10.1. The van der Waals surface area contributed by atoms with Crippen molar-refractivity contribution in [2.24, 2.45) is 5.92 Å². The maximum absolute atomic E-state index is 16.2. The molecule has 1 amide bonds. The van der Waals surface area contributed by atoms with Crippen LogP contribution in [0.2, 0.25) is 0 Å². The van der Waals surface area contributed by atoms with Crippen molar-refractivity contribution in [1.29, 1.82) is 0 Å². The fourth-order valence-electron chi connectivity index (χ4n) is 5.52. The first kappa shape index (κ1) is 24.1. The van der Waals surface area contributed by atoms with Gasteiger partial charge in [0.1, 0.15) is 11.5 Å². The average molecular weight is 533 g/mol. The fourth-order valence-corrected chi connectivity index (χ4v) is 5.52. The minimum absolute atomic E-state index is 0.00385. The van der Waals surface area contributed by atoms with E-state index >= 15 is 4.39 Å². The number of halogens is 1. The molecule has 40 heavy (non-hydrogen) atoms. The van der Waals surface area contributed by atoms with Gasteiger partial charge in [0.05, 0.1) is 28.3 Å². The van der Waals surface area contributed by atoms with Crippen molar-refractivity contribution in [3.05, 3.63) is 73.2 Å². The summed E-state index contributed by atoms with van der Waals surface area (Å²) in [5.41, 5.74) is 5.33. The summed E-state index contributed by atoms with van der Waals surface area (Å²) < 4.78 is 16.2. The maximum Gasteiger partial charge on any atom is 0.227 e. The number of pyridine rings is 3. The van der Waals surface area contributed by atoms with E-state index in [2.05, 4.69) is 40.4 Å². The Morgan fingerprint density at radius 1 is 0.950 bits per heavy atom. The Bertz CT molecular complexity index is 1860. The smallest absolute Gasteiger partial charge is 0.227 e. The zero-order valence-electron chi connectivity index (χ0n) is 21.5. The Hall–Kier alpha value is -4.99. The Balaban J connectivity index is 1.26. The molecule has 0 radical (unpaired) electrons. The van der Waals surface area contributed by atoms with Gasteiger partial charge in [-0.25, -0.2) is 14.4 Å². The van der Waals surface area contributed by atoms with Gasteiger partial charge >= 0.3 is 0 Å². The lowest BCUT2D eigenvalue weighted by atomic mass is 9.88. The van der Waals surface area contributed by atoms with Crippen molar-refractivity contribution in [3.8, 4) is 33.8 Å². The van der Waals surface area contributed by atoms with Gasteiger partial charge in [0, 0.05) is 53.0 Å². The van der Waals surface area contributed by atoms with Crippen LogP contribution in [0.5, 0.6) is 0 Å². The molecule has 1 fully saturated rings. The van der Waals surface area contributed by atoms with E-state index in [4.69, 9.17) is 0 Å². The van der Waals surface area contributed by atoms with Crippen LogP contribution in [-0.2, 0) is 4.79 Å². The number of amides is 1. The highest BCUT2D eigenvalue weighted by atomic mass is 19.1. The van der Waals surface area contributed by atoms with E-state index in [9.17, 15) is 4.79 Å². The lowest BCUT2D eigenvalue weighted by molar-refractivity contribution is -0.120. The van der Waals surface area contributed by atoms with E-state index in [-0.39, 0.29) is 11.8 Å². The normalized spacial score (nSPS) is 14.1. The number of imidazole rings is 1. The molecule has 3 N–H and O–H groups in total. The lowest BCUT2D eigenvalue weighted by Crippen LogP contribution is -2.24. The Kier molecular flexibility index (Phi) is 5.99. The van der Waals surface area contributed by atoms with Crippen LogP contribution in [0.25, 0.3) is 55.8 Å². The third kappa shape index (κ3) is 4.27. The number of hydrogen-bond donors (Lipinski definition) is 3. The van der Waals surface area contributed by atoms with Gasteiger partial charge in [-0.15, -0.1) is 0 Å². The maximum atomic E-state index is 16.2. The average Bonchev–Trinajstić information content (AvgIpc) is 3.63. The number of carbonyl (C=O) groups is 1. The first-order valence-electron chi connectivity index (χ1n) is 13.3. The Morgan fingerprint density at radius 2 is 1.82 bits per heavy atom. The number of nitrogens with zero attached hydrogens (tertiary/aromatic N) is 5. The molecule has 1 aliphatic carbocycles. The molecule has 0 atom stereocenters. The molecule has 0 aliphatic heterocycles. The number of aromatic amines is 2. The summed E-state index contributed by atoms with van der Waals surface area (Å²) in [6.07, 6.45) is 13.5. The molecule has 0 saturated heterocycles. The summed E-state index contributed by atoms with van der Waals surface area (Å²) in [5, 5.41) is 10.6. The van der Waals surface area contributed by atoms with E-state index in [0.29, 0.717) is 50.4 Å². The zero-order chi connectivity index (χ0) is 27.1. The van der Waals surface area contributed by atoms with Gasteiger partial charge in [0.15, 0.2) is 11.5 Å². The molecule has 9 nitrogen and oxygen atoms in total. The summed E-state index contributed by atoms with van der Waals surface area (Å²) in [7, 11) is 0. The Labute approximate surface area is 228 Å². The predicted molar refractivity (Wildman–Crippen MR) is 151 cm³/mol. The topological polar surface area (TPSA) is 125 Å².